The third-order valence-corrected chi connectivity index (χ3v) is 4.36. The standard InChI is InChI=1S/C13H23NO2/c1-13(2)7-5-10(6-8-13)14-9-3-4-11(14)12(15)16/h10-11H,3-9H2,1-2H3,(H,15,16)/t11-/m0/s1. The quantitative estimate of drug-likeness (QED) is 0.785. The molecule has 2 rings (SSSR count). The van der Waals surface area contributed by atoms with Gasteiger partial charge < -0.3 is 5.11 Å². The molecule has 0 unspecified atom stereocenters. The molecule has 2 aliphatic rings. The van der Waals surface area contributed by atoms with Gasteiger partial charge in [-0.25, -0.2) is 0 Å². The number of aliphatic carboxylic acids is 1. The monoisotopic (exact) mass is 225 g/mol. The van der Waals surface area contributed by atoms with E-state index in [4.69, 9.17) is 0 Å². The summed E-state index contributed by atoms with van der Waals surface area (Å²) in [5, 5.41) is 9.18. The Morgan fingerprint density at radius 1 is 1.25 bits per heavy atom. The number of rotatable bonds is 2. The Kier molecular flexibility index (Phi) is 3.24. The van der Waals surface area contributed by atoms with Crippen LogP contribution in [-0.4, -0.2) is 34.6 Å². The summed E-state index contributed by atoms with van der Waals surface area (Å²) in [5.74, 6) is -0.623. The molecule has 3 nitrogen and oxygen atoms in total. The Labute approximate surface area is 97.8 Å². The molecule has 0 aromatic heterocycles. The average Bonchev–Trinajstić information content (AvgIpc) is 2.66. The Balaban J connectivity index is 1.96. The maximum Gasteiger partial charge on any atom is 0.320 e. The van der Waals surface area contributed by atoms with E-state index < -0.39 is 5.97 Å². The van der Waals surface area contributed by atoms with Gasteiger partial charge in [0.05, 0.1) is 0 Å². The van der Waals surface area contributed by atoms with Gasteiger partial charge in [-0.15, -0.1) is 0 Å². The lowest BCUT2D eigenvalue weighted by Gasteiger charge is -2.40. The van der Waals surface area contributed by atoms with Crippen LogP contribution in [0.1, 0.15) is 52.4 Å². The summed E-state index contributed by atoms with van der Waals surface area (Å²) in [7, 11) is 0. The summed E-state index contributed by atoms with van der Waals surface area (Å²) < 4.78 is 0. The van der Waals surface area contributed by atoms with Crippen molar-refractivity contribution in [3.63, 3.8) is 0 Å². The average molecular weight is 225 g/mol. The molecule has 2 fully saturated rings. The minimum Gasteiger partial charge on any atom is -0.480 e. The van der Waals surface area contributed by atoms with Gasteiger partial charge in [0.25, 0.3) is 0 Å². The molecule has 1 saturated heterocycles. The topological polar surface area (TPSA) is 40.5 Å². The van der Waals surface area contributed by atoms with Gasteiger partial charge in [-0.05, 0) is 50.5 Å². The minimum absolute atomic E-state index is 0.203. The number of carboxylic acid groups (broad SMARTS) is 1. The van der Waals surface area contributed by atoms with Crippen LogP contribution in [0.2, 0.25) is 0 Å². The summed E-state index contributed by atoms with van der Waals surface area (Å²) >= 11 is 0. The summed E-state index contributed by atoms with van der Waals surface area (Å²) in [4.78, 5) is 13.4. The van der Waals surface area contributed by atoms with Gasteiger partial charge in [-0.2, -0.15) is 0 Å². The molecular formula is C13H23NO2. The predicted molar refractivity (Wildman–Crippen MR) is 63.4 cm³/mol. The van der Waals surface area contributed by atoms with Crippen molar-refractivity contribution in [2.24, 2.45) is 5.41 Å². The van der Waals surface area contributed by atoms with Crippen LogP contribution in [0.5, 0.6) is 0 Å². The Morgan fingerprint density at radius 2 is 1.88 bits per heavy atom. The summed E-state index contributed by atoms with van der Waals surface area (Å²) in [6, 6.07) is 0.322. The van der Waals surface area contributed by atoms with E-state index in [1.54, 1.807) is 0 Å². The van der Waals surface area contributed by atoms with Gasteiger partial charge in [0.1, 0.15) is 6.04 Å². The van der Waals surface area contributed by atoms with Gasteiger partial charge in [-0.3, -0.25) is 9.69 Å². The van der Waals surface area contributed by atoms with E-state index in [1.807, 2.05) is 0 Å². The van der Waals surface area contributed by atoms with Gasteiger partial charge >= 0.3 is 5.97 Å². The van der Waals surface area contributed by atoms with Gasteiger partial charge in [-0.1, -0.05) is 13.8 Å². The van der Waals surface area contributed by atoms with Gasteiger partial charge in [0.15, 0.2) is 0 Å². The van der Waals surface area contributed by atoms with E-state index in [-0.39, 0.29) is 6.04 Å². The molecule has 0 aromatic carbocycles. The molecule has 1 saturated carbocycles. The van der Waals surface area contributed by atoms with Crippen molar-refractivity contribution in [2.45, 2.75) is 64.5 Å². The number of hydrogen-bond donors (Lipinski definition) is 1. The Bertz CT molecular complexity index is 265. The van der Waals surface area contributed by atoms with Crippen molar-refractivity contribution in [2.75, 3.05) is 6.54 Å². The number of likely N-dealkylation sites (tertiary alicyclic amines) is 1. The number of nitrogens with zero attached hydrogens (tertiary/aromatic N) is 1. The lowest BCUT2D eigenvalue weighted by atomic mass is 9.75. The molecule has 0 amide bonds. The molecule has 0 spiro atoms. The van der Waals surface area contributed by atoms with Crippen LogP contribution < -0.4 is 0 Å². The number of carboxylic acids is 1. The molecule has 1 aliphatic carbocycles. The number of carbonyl (C=O) groups is 1. The van der Waals surface area contributed by atoms with E-state index >= 15 is 0 Å². The molecule has 3 heteroatoms. The van der Waals surface area contributed by atoms with Crippen LogP contribution in [0.15, 0.2) is 0 Å². The maximum absolute atomic E-state index is 11.1. The zero-order chi connectivity index (χ0) is 11.8. The first-order chi connectivity index (χ1) is 7.49. The fourth-order valence-electron chi connectivity index (χ4n) is 3.21. The fraction of sp³-hybridized carbons (Fsp3) is 0.923. The third-order valence-electron chi connectivity index (χ3n) is 4.36. The summed E-state index contributed by atoms with van der Waals surface area (Å²) in [6.45, 7) is 5.63. The van der Waals surface area contributed by atoms with E-state index in [2.05, 4.69) is 18.7 Å². The maximum atomic E-state index is 11.1. The van der Waals surface area contributed by atoms with Crippen LogP contribution in [0.4, 0.5) is 0 Å². The molecule has 1 heterocycles. The molecule has 1 atom stereocenters. The summed E-state index contributed by atoms with van der Waals surface area (Å²) in [5.41, 5.74) is 0.467. The van der Waals surface area contributed by atoms with E-state index in [0.29, 0.717) is 11.5 Å². The van der Waals surface area contributed by atoms with Crippen LogP contribution in [0.3, 0.4) is 0 Å². The molecule has 1 aliphatic heterocycles. The highest BCUT2D eigenvalue weighted by Crippen LogP contribution is 2.38. The zero-order valence-corrected chi connectivity index (χ0v) is 10.4. The lowest BCUT2D eigenvalue weighted by molar-refractivity contribution is -0.143. The lowest BCUT2D eigenvalue weighted by Crippen LogP contribution is -2.45. The molecule has 0 radical (unpaired) electrons. The van der Waals surface area contributed by atoms with Crippen LogP contribution in [0.25, 0.3) is 0 Å². The van der Waals surface area contributed by atoms with Gasteiger partial charge in [0.2, 0.25) is 0 Å². The zero-order valence-electron chi connectivity index (χ0n) is 10.4. The highest BCUT2D eigenvalue weighted by molar-refractivity contribution is 5.73. The van der Waals surface area contributed by atoms with Crippen molar-refractivity contribution in [1.29, 1.82) is 0 Å². The molecular weight excluding hydrogens is 202 g/mol. The second kappa shape index (κ2) is 4.36. The van der Waals surface area contributed by atoms with Crippen LogP contribution in [0, 0.1) is 5.41 Å². The smallest absolute Gasteiger partial charge is 0.320 e. The Morgan fingerprint density at radius 3 is 2.44 bits per heavy atom. The SMILES string of the molecule is CC1(C)CCC(N2CCC[C@H]2C(=O)O)CC1. The molecule has 92 valence electrons. The van der Waals surface area contributed by atoms with E-state index in [9.17, 15) is 9.90 Å². The predicted octanol–water partition coefficient (Wildman–Crippen LogP) is 2.50. The fourth-order valence-corrected chi connectivity index (χ4v) is 3.21. The third kappa shape index (κ3) is 2.40. The van der Waals surface area contributed by atoms with Crippen molar-refractivity contribution in [1.82, 2.24) is 4.90 Å². The van der Waals surface area contributed by atoms with E-state index in [1.165, 1.54) is 25.7 Å². The minimum atomic E-state index is -0.623. The van der Waals surface area contributed by atoms with Crippen molar-refractivity contribution < 1.29 is 9.90 Å². The highest BCUT2D eigenvalue weighted by atomic mass is 16.4. The van der Waals surface area contributed by atoms with E-state index in [0.717, 1.165) is 19.4 Å². The first-order valence-corrected chi connectivity index (χ1v) is 6.48. The van der Waals surface area contributed by atoms with Crippen molar-refractivity contribution in [3.05, 3.63) is 0 Å². The Hall–Kier alpha value is -0.570. The first kappa shape index (κ1) is 11.9. The van der Waals surface area contributed by atoms with Crippen molar-refractivity contribution >= 4 is 5.97 Å². The molecule has 0 aromatic rings. The first-order valence-electron chi connectivity index (χ1n) is 6.48. The second-order valence-electron chi connectivity index (χ2n) is 6.13. The number of hydrogen-bond acceptors (Lipinski definition) is 2. The summed E-state index contributed by atoms with van der Waals surface area (Å²) in [6.07, 6.45) is 6.72. The van der Waals surface area contributed by atoms with Crippen LogP contribution in [-0.2, 0) is 4.79 Å². The molecule has 16 heavy (non-hydrogen) atoms. The largest absolute Gasteiger partial charge is 0.480 e. The van der Waals surface area contributed by atoms with Crippen molar-refractivity contribution in [3.8, 4) is 0 Å². The molecule has 1 N–H and O–H groups in total. The van der Waals surface area contributed by atoms with Gasteiger partial charge in [0, 0.05) is 6.04 Å². The highest BCUT2D eigenvalue weighted by Gasteiger charge is 2.38. The molecule has 0 bridgehead atoms. The second-order valence-corrected chi connectivity index (χ2v) is 6.13. The van der Waals surface area contributed by atoms with Crippen LogP contribution >= 0.6 is 0 Å². The normalized spacial score (nSPS) is 31.8.